The number of benzene rings is 1. The Morgan fingerprint density at radius 2 is 1.42 bits per heavy atom. The van der Waals surface area contributed by atoms with E-state index in [0.29, 0.717) is 71.3 Å². The van der Waals surface area contributed by atoms with E-state index < -0.39 is 11.7 Å². The zero-order valence-electron chi connectivity index (χ0n) is 29.4. The van der Waals surface area contributed by atoms with Crippen molar-refractivity contribution in [1.29, 1.82) is 0 Å². The Labute approximate surface area is 293 Å². The number of nitrogens with zero attached hydrogens (tertiary/aromatic N) is 2. The fourth-order valence-electron chi connectivity index (χ4n) is 4.76. The summed E-state index contributed by atoms with van der Waals surface area (Å²) in [5.41, 5.74) is 10.3. The number of phenolic OH excluding ortho intramolecular Hbond substituents is 1. The van der Waals surface area contributed by atoms with E-state index in [4.69, 9.17) is 24.7 Å². The van der Waals surface area contributed by atoms with Crippen molar-refractivity contribution in [3.05, 3.63) is 60.0 Å². The van der Waals surface area contributed by atoms with Gasteiger partial charge in [0.25, 0.3) is 5.91 Å². The molecule has 0 aliphatic carbocycles. The molecule has 3 aromatic rings. The Hall–Kier alpha value is -4.79. The molecule has 0 saturated heterocycles. The van der Waals surface area contributed by atoms with Gasteiger partial charge in [-0.1, -0.05) is 25.1 Å². The van der Waals surface area contributed by atoms with Gasteiger partial charge in [-0.3, -0.25) is 14.6 Å². The van der Waals surface area contributed by atoms with E-state index in [9.17, 15) is 19.5 Å². The van der Waals surface area contributed by atoms with Crippen molar-refractivity contribution in [2.24, 2.45) is 0 Å². The van der Waals surface area contributed by atoms with Gasteiger partial charge in [0, 0.05) is 55.1 Å². The molecule has 14 heteroatoms. The highest BCUT2D eigenvalue weighted by atomic mass is 16.6. The number of amides is 3. The number of carbonyl (C=O) groups is 3. The van der Waals surface area contributed by atoms with Gasteiger partial charge in [0.1, 0.15) is 22.9 Å². The Morgan fingerprint density at radius 3 is 2.06 bits per heavy atom. The number of nitrogens with one attached hydrogen (secondary N) is 3. The van der Waals surface area contributed by atoms with E-state index in [1.807, 2.05) is 13.0 Å². The Morgan fingerprint density at radius 1 is 0.780 bits per heavy atom. The van der Waals surface area contributed by atoms with Crippen molar-refractivity contribution in [3.63, 3.8) is 0 Å². The average molecular weight is 695 g/mol. The van der Waals surface area contributed by atoms with Gasteiger partial charge in [-0.2, -0.15) is 0 Å². The quantitative estimate of drug-likeness (QED) is 0.108. The third-order valence-electron chi connectivity index (χ3n) is 7.13. The van der Waals surface area contributed by atoms with E-state index in [1.54, 1.807) is 63.5 Å². The van der Waals surface area contributed by atoms with Crippen molar-refractivity contribution in [3.8, 4) is 28.0 Å². The van der Waals surface area contributed by atoms with Crippen LogP contribution in [0.25, 0.3) is 22.3 Å². The van der Waals surface area contributed by atoms with E-state index >= 15 is 0 Å². The van der Waals surface area contributed by atoms with Crippen LogP contribution in [0.2, 0.25) is 0 Å². The van der Waals surface area contributed by atoms with E-state index in [1.165, 1.54) is 0 Å². The van der Waals surface area contributed by atoms with E-state index in [0.717, 1.165) is 27.8 Å². The molecule has 2 aromatic heterocycles. The van der Waals surface area contributed by atoms with Crippen LogP contribution in [0.3, 0.4) is 0 Å². The average Bonchev–Trinajstić information content (AvgIpc) is 3.08. The number of anilines is 1. The van der Waals surface area contributed by atoms with E-state index in [-0.39, 0.29) is 36.3 Å². The summed E-state index contributed by atoms with van der Waals surface area (Å²) in [5.74, 6) is 0.118. The summed E-state index contributed by atoms with van der Waals surface area (Å²) in [6.45, 7) is 10.7. The van der Waals surface area contributed by atoms with Crippen molar-refractivity contribution in [2.75, 3.05) is 65.0 Å². The first-order chi connectivity index (χ1) is 24.0. The number of aromatic nitrogens is 2. The molecule has 1 aromatic carbocycles. The van der Waals surface area contributed by atoms with Crippen molar-refractivity contribution in [1.82, 2.24) is 25.9 Å². The monoisotopic (exact) mass is 694 g/mol. The molecule has 2 heterocycles. The number of hydrogen-bond acceptors (Lipinski definition) is 11. The third-order valence-corrected chi connectivity index (χ3v) is 7.13. The first-order valence-corrected chi connectivity index (χ1v) is 16.8. The second-order valence-electron chi connectivity index (χ2n) is 12.2. The molecule has 6 N–H and O–H groups in total. The molecular formula is C36H50N6O8. The number of hydrogen-bond donors (Lipinski definition) is 5. The smallest absolute Gasteiger partial charge is 0.407 e. The van der Waals surface area contributed by atoms with Gasteiger partial charge in [-0.15, -0.1) is 0 Å². The summed E-state index contributed by atoms with van der Waals surface area (Å²) in [7, 11) is 0. The van der Waals surface area contributed by atoms with Crippen LogP contribution in [0.1, 0.15) is 56.6 Å². The highest BCUT2D eigenvalue weighted by Gasteiger charge is 2.17. The molecule has 0 unspecified atom stereocenters. The zero-order valence-corrected chi connectivity index (χ0v) is 29.4. The fraction of sp³-hybridized carbons (Fsp3) is 0.472. The highest BCUT2D eigenvalue weighted by molar-refractivity contribution is 5.93. The van der Waals surface area contributed by atoms with Gasteiger partial charge in [0.15, 0.2) is 0 Å². The van der Waals surface area contributed by atoms with Crippen molar-refractivity contribution >= 4 is 23.7 Å². The fourth-order valence-corrected chi connectivity index (χ4v) is 4.76. The van der Waals surface area contributed by atoms with Gasteiger partial charge in [-0.25, -0.2) is 9.78 Å². The third kappa shape index (κ3) is 14.0. The molecule has 0 spiro atoms. The Bertz CT molecular complexity index is 1510. The van der Waals surface area contributed by atoms with Gasteiger partial charge >= 0.3 is 6.09 Å². The summed E-state index contributed by atoms with van der Waals surface area (Å²) >= 11 is 0. The molecule has 50 heavy (non-hydrogen) atoms. The number of carbonyl (C=O) groups excluding carboxylic acids is 3. The van der Waals surface area contributed by atoms with Gasteiger partial charge in [-0.05, 0) is 62.9 Å². The summed E-state index contributed by atoms with van der Waals surface area (Å²) < 4.78 is 21.4. The van der Waals surface area contributed by atoms with Crippen molar-refractivity contribution in [2.45, 2.75) is 52.6 Å². The number of rotatable bonds is 20. The Kier molecular flexibility index (Phi) is 16.4. The molecule has 0 aliphatic rings. The van der Waals surface area contributed by atoms with E-state index in [2.05, 4.69) is 25.9 Å². The topological polar surface area (TPSA) is 196 Å². The molecule has 0 fully saturated rings. The number of phenols is 1. The minimum absolute atomic E-state index is 0.139. The normalized spacial score (nSPS) is 11.2. The maximum absolute atomic E-state index is 12.7. The van der Waals surface area contributed by atoms with Crippen LogP contribution >= 0.6 is 0 Å². The summed E-state index contributed by atoms with van der Waals surface area (Å²) in [5, 5.41) is 17.9. The molecular weight excluding hydrogens is 644 g/mol. The predicted octanol–water partition coefficient (Wildman–Crippen LogP) is 3.86. The summed E-state index contributed by atoms with van der Waals surface area (Å²) in [6.07, 6.45) is 4.34. The number of pyridine rings is 2. The van der Waals surface area contributed by atoms with Crippen LogP contribution in [0.5, 0.6) is 5.75 Å². The minimum Gasteiger partial charge on any atom is -0.508 e. The molecule has 0 saturated carbocycles. The second-order valence-corrected chi connectivity index (χ2v) is 12.2. The van der Waals surface area contributed by atoms with Crippen LogP contribution in [0.4, 0.5) is 10.6 Å². The lowest BCUT2D eigenvalue weighted by atomic mass is 9.92. The standard InChI is InChI=1S/C36H50N6O8/c1-5-28-29(24-42-33(37)32(28)25-7-10-27(43)11-8-25)26-9-12-30(41-23-26)34(45)39-15-6-14-38-31(44)13-17-47-19-21-49-22-20-48-18-16-40-35(46)50-36(2,3)4/h7-12,23-24,43H,5-6,13-22H2,1-4H3,(H2,37,42)(H,38,44)(H,39,45)(H,40,46). The molecule has 272 valence electrons. The molecule has 14 nitrogen and oxygen atoms in total. The largest absolute Gasteiger partial charge is 0.508 e. The van der Waals surface area contributed by atoms with Gasteiger partial charge in [0.2, 0.25) is 5.91 Å². The number of nitrogens with two attached hydrogens (primary N) is 1. The molecule has 0 aliphatic heterocycles. The molecule has 0 atom stereocenters. The zero-order chi connectivity index (χ0) is 36.4. The lowest BCUT2D eigenvalue weighted by molar-refractivity contribution is -0.122. The van der Waals surface area contributed by atoms with Crippen LogP contribution < -0.4 is 21.7 Å². The first-order valence-electron chi connectivity index (χ1n) is 16.8. The predicted molar refractivity (Wildman–Crippen MR) is 190 cm³/mol. The number of nitrogen functional groups attached to an aromatic ring is 1. The number of alkyl carbamates (subject to hydrolysis) is 1. The SMILES string of the molecule is CCc1c(-c2ccc(C(=O)NCCCNC(=O)CCOCCOCCOCCNC(=O)OC(C)(C)C)nc2)cnc(N)c1-c1ccc(O)cc1. The molecule has 0 bridgehead atoms. The van der Waals surface area contributed by atoms with Crippen molar-refractivity contribution < 1.29 is 38.4 Å². The van der Waals surface area contributed by atoms with Crippen LogP contribution in [-0.2, 0) is 30.2 Å². The number of ether oxygens (including phenoxy) is 4. The molecule has 0 radical (unpaired) electrons. The lowest BCUT2D eigenvalue weighted by Crippen LogP contribution is -2.34. The lowest BCUT2D eigenvalue weighted by Gasteiger charge is -2.19. The maximum Gasteiger partial charge on any atom is 0.407 e. The molecule has 3 rings (SSSR count). The van der Waals surface area contributed by atoms with Gasteiger partial charge in [0.05, 0.1) is 39.6 Å². The Balaban J connectivity index is 1.25. The summed E-state index contributed by atoms with van der Waals surface area (Å²) in [6, 6.07) is 10.3. The number of aromatic hydroxyl groups is 1. The first kappa shape index (κ1) is 39.6. The maximum atomic E-state index is 12.7. The van der Waals surface area contributed by atoms with Crippen LogP contribution in [0.15, 0.2) is 48.8 Å². The molecule has 3 amide bonds. The van der Waals surface area contributed by atoms with Crippen LogP contribution in [0, 0.1) is 0 Å². The second kappa shape index (κ2) is 20.7. The minimum atomic E-state index is -0.538. The highest BCUT2D eigenvalue weighted by Crippen LogP contribution is 2.36. The summed E-state index contributed by atoms with van der Waals surface area (Å²) in [4.78, 5) is 45.0. The van der Waals surface area contributed by atoms with Gasteiger partial charge < -0.3 is 45.7 Å². The van der Waals surface area contributed by atoms with Crippen LogP contribution in [-0.4, -0.2) is 97.9 Å².